The minimum atomic E-state index is -0.890. The highest BCUT2D eigenvalue weighted by atomic mass is 19.2. The van der Waals surface area contributed by atoms with Crippen molar-refractivity contribution in [2.75, 3.05) is 12.0 Å². The molecule has 5 nitrogen and oxygen atoms in total. The number of benzene rings is 2. The Morgan fingerprint density at radius 3 is 2.60 bits per heavy atom. The Morgan fingerprint density at radius 1 is 1.10 bits per heavy atom. The normalized spacial score (nSPS) is 15.9. The largest absolute Gasteiger partial charge is 0.448 e. The molecule has 0 unspecified atom stereocenters. The Hall–Kier alpha value is -2.93. The lowest BCUT2D eigenvalue weighted by molar-refractivity contribution is -0.120. The smallest absolute Gasteiger partial charge is 0.288 e. The van der Waals surface area contributed by atoms with Gasteiger partial charge in [0.2, 0.25) is 5.76 Å². The molecule has 2 aromatic carbocycles. The van der Waals surface area contributed by atoms with Crippen LogP contribution in [0.25, 0.3) is 0 Å². The van der Waals surface area contributed by atoms with Crippen LogP contribution in [-0.2, 0) is 11.3 Å². The van der Waals surface area contributed by atoms with Crippen LogP contribution in [0.3, 0.4) is 0 Å². The van der Waals surface area contributed by atoms with Crippen LogP contribution in [0.2, 0.25) is 0 Å². The highest BCUT2D eigenvalue weighted by Crippen LogP contribution is 2.35. The number of aliphatic hydroxyl groups is 1. The number of aliphatic hydroxyl groups excluding tert-OH is 1. The number of nitrogens with zero attached hydrogens (tertiary/aromatic N) is 1. The predicted octanol–water partition coefficient (Wildman–Crippen LogP) is 4.26. The van der Waals surface area contributed by atoms with Crippen molar-refractivity contribution in [2.24, 2.45) is 0 Å². The van der Waals surface area contributed by atoms with Crippen LogP contribution in [0.4, 0.5) is 14.5 Å². The van der Waals surface area contributed by atoms with Crippen molar-refractivity contribution >= 4 is 11.6 Å². The molecule has 0 aromatic heterocycles. The number of ether oxygens (including phenoxy) is 1. The summed E-state index contributed by atoms with van der Waals surface area (Å²) in [5.74, 6) is -1.39. The molecule has 0 atom stereocenters. The van der Waals surface area contributed by atoms with Crippen molar-refractivity contribution in [3.63, 3.8) is 0 Å². The number of amides is 1. The summed E-state index contributed by atoms with van der Waals surface area (Å²) in [6, 6.07) is 11.5. The predicted molar refractivity (Wildman–Crippen MR) is 111 cm³/mol. The molecule has 2 aromatic rings. The Balaban J connectivity index is 0.00000124. The first kappa shape index (κ1) is 21.8. The number of halogens is 2. The molecule has 7 heteroatoms. The summed E-state index contributed by atoms with van der Waals surface area (Å²) in [7, 11) is 1.00. The van der Waals surface area contributed by atoms with Crippen LogP contribution in [0.5, 0.6) is 5.75 Å². The number of fused-ring (bicyclic) bond motifs is 1. The van der Waals surface area contributed by atoms with E-state index in [1.807, 2.05) is 18.2 Å². The second-order valence-electron chi connectivity index (χ2n) is 7.21. The Kier molecular flexibility index (Phi) is 7.41. The number of anilines is 1. The van der Waals surface area contributed by atoms with Crippen LogP contribution in [0.15, 0.2) is 54.4 Å². The maximum absolute atomic E-state index is 14.2. The summed E-state index contributed by atoms with van der Waals surface area (Å²) in [5, 5.41) is 10.0. The van der Waals surface area contributed by atoms with Gasteiger partial charge in [0, 0.05) is 18.7 Å². The van der Waals surface area contributed by atoms with Gasteiger partial charge in [0.05, 0.1) is 18.4 Å². The minimum absolute atomic E-state index is 0.0875. The maximum Gasteiger partial charge on any atom is 0.288 e. The van der Waals surface area contributed by atoms with E-state index in [0.29, 0.717) is 11.4 Å². The second-order valence-corrected chi connectivity index (χ2v) is 7.21. The molecule has 1 fully saturated rings. The Labute approximate surface area is 175 Å². The van der Waals surface area contributed by atoms with E-state index in [1.165, 1.54) is 18.6 Å². The zero-order chi connectivity index (χ0) is 21.5. The highest BCUT2D eigenvalue weighted by Gasteiger charge is 2.26. The van der Waals surface area contributed by atoms with Gasteiger partial charge >= 0.3 is 0 Å². The van der Waals surface area contributed by atoms with Gasteiger partial charge in [-0.3, -0.25) is 4.79 Å². The molecule has 4 rings (SSSR count). The van der Waals surface area contributed by atoms with Crippen molar-refractivity contribution in [2.45, 2.75) is 44.7 Å². The molecule has 2 N–H and O–H groups in total. The molecular formula is C23H26F2N2O3. The summed E-state index contributed by atoms with van der Waals surface area (Å²) in [6.07, 6.45) is 6.91. The SMILES string of the molecule is CO.O=C(NC1CCCCC1)C1=CN(Cc2cccc(F)c2F)c2ccccc2O1. The van der Waals surface area contributed by atoms with Gasteiger partial charge in [0.1, 0.15) is 0 Å². The third kappa shape index (κ3) is 4.97. The number of para-hydroxylation sites is 2. The van der Waals surface area contributed by atoms with Crippen molar-refractivity contribution in [1.82, 2.24) is 5.32 Å². The summed E-state index contributed by atoms with van der Waals surface area (Å²) in [5.41, 5.74) is 0.903. The van der Waals surface area contributed by atoms with Crippen LogP contribution in [-0.4, -0.2) is 24.2 Å². The summed E-state index contributed by atoms with van der Waals surface area (Å²) in [6.45, 7) is 0.0875. The summed E-state index contributed by atoms with van der Waals surface area (Å²) < 4.78 is 33.6. The average Bonchev–Trinajstić information content (AvgIpc) is 2.79. The molecule has 0 bridgehead atoms. The lowest BCUT2D eigenvalue weighted by atomic mass is 9.95. The van der Waals surface area contributed by atoms with Crippen molar-refractivity contribution in [1.29, 1.82) is 0 Å². The average molecular weight is 416 g/mol. The standard InChI is InChI=1S/C22H22F2N2O2.CH4O/c23-17-10-6-7-15(21(17)24)13-26-14-20(28-19-12-5-4-11-18(19)26)22(27)25-16-8-2-1-3-9-16;1-2/h4-7,10-12,14,16H,1-3,8-9,13H2,(H,25,27);2H,1H3. The molecule has 1 saturated carbocycles. The molecular weight excluding hydrogens is 390 g/mol. The molecule has 30 heavy (non-hydrogen) atoms. The maximum atomic E-state index is 14.2. The van der Waals surface area contributed by atoms with Crippen LogP contribution >= 0.6 is 0 Å². The highest BCUT2D eigenvalue weighted by molar-refractivity contribution is 5.93. The molecule has 1 amide bonds. The van der Waals surface area contributed by atoms with E-state index in [9.17, 15) is 13.6 Å². The molecule has 0 spiro atoms. The second kappa shape index (κ2) is 10.2. The van der Waals surface area contributed by atoms with E-state index >= 15 is 0 Å². The quantitative estimate of drug-likeness (QED) is 0.782. The van der Waals surface area contributed by atoms with Gasteiger partial charge in [-0.05, 0) is 31.0 Å². The van der Waals surface area contributed by atoms with Crippen LogP contribution < -0.4 is 15.0 Å². The first-order valence-electron chi connectivity index (χ1n) is 10.1. The Bertz CT molecular complexity index is 911. The van der Waals surface area contributed by atoms with Gasteiger partial charge in [0.25, 0.3) is 5.91 Å². The van der Waals surface area contributed by atoms with E-state index in [1.54, 1.807) is 17.2 Å². The van der Waals surface area contributed by atoms with Gasteiger partial charge in [-0.2, -0.15) is 0 Å². The number of hydrogen-bond donors (Lipinski definition) is 2. The van der Waals surface area contributed by atoms with Crippen LogP contribution in [0.1, 0.15) is 37.7 Å². The number of nitrogens with one attached hydrogen (secondary N) is 1. The number of hydrogen-bond acceptors (Lipinski definition) is 4. The van der Waals surface area contributed by atoms with Crippen molar-refractivity contribution in [3.05, 3.63) is 71.6 Å². The molecule has 160 valence electrons. The monoisotopic (exact) mass is 416 g/mol. The van der Waals surface area contributed by atoms with E-state index in [0.717, 1.165) is 38.9 Å². The van der Waals surface area contributed by atoms with Gasteiger partial charge < -0.3 is 20.1 Å². The zero-order valence-corrected chi connectivity index (χ0v) is 16.9. The molecule has 2 aliphatic rings. The van der Waals surface area contributed by atoms with Crippen molar-refractivity contribution in [3.8, 4) is 5.75 Å². The molecule has 1 heterocycles. The fraction of sp³-hybridized carbons (Fsp3) is 0.348. The van der Waals surface area contributed by atoms with Gasteiger partial charge in [-0.25, -0.2) is 8.78 Å². The number of carbonyl (C=O) groups excluding carboxylic acids is 1. The van der Waals surface area contributed by atoms with E-state index in [2.05, 4.69) is 5.32 Å². The minimum Gasteiger partial charge on any atom is -0.448 e. The first-order valence-corrected chi connectivity index (χ1v) is 10.1. The number of carbonyl (C=O) groups is 1. The van der Waals surface area contributed by atoms with E-state index in [-0.39, 0.29) is 29.8 Å². The van der Waals surface area contributed by atoms with Gasteiger partial charge in [0.15, 0.2) is 17.4 Å². The van der Waals surface area contributed by atoms with Gasteiger partial charge in [-0.1, -0.05) is 43.5 Å². The number of rotatable bonds is 4. The molecule has 1 aliphatic carbocycles. The van der Waals surface area contributed by atoms with E-state index < -0.39 is 11.6 Å². The first-order chi connectivity index (χ1) is 14.6. The summed E-state index contributed by atoms with van der Waals surface area (Å²) in [4.78, 5) is 14.4. The summed E-state index contributed by atoms with van der Waals surface area (Å²) >= 11 is 0. The molecule has 0 saturated heterocycles. The molecule has 0 radical (unpaired) electrons. The fourth-order valence-electron chi connectivity index (χ4n) is 3.73. The van der Waals surface area contributed by atoms with E-state index in [4.69, 9.17) is 9.84 Å². The fourth-order valence-corrected chi connectivity index (χ4v) is 3.73. The lowest BCUT2D eigenvalue weighted by Crippen LogP contribution is -2.39. The Morgan fingerprint density at radius 2 is 1.83 bits per heavy atom. The third-order valence-electron chi connectivity index (χ3n) is 5.20. The van der Waals surface area contributed by atoms with Crippen molar-refractivity contribution < 1.29 is 23.4 Å². The lowest BCUT2D eigenvalue weighted by Gasteiger charge is -2.30. The van der Waals surface area contributed by atoms with Crippen LogP contribution in [0, 0.1) is 11.6 Å². The van der Waals surface area contributed by atoms with Gasteiger partial charge in [-0.15, -0.1) is 0 Å². The third-order valence-corrected chi connectivity index (χ3v) is 5.20. The molecule has 1 aliphatic heterocycles. The topological polar surface area (TPSA) is 61.8 Å². The zero-order valence-electron chi connectivity index (χ0n) is 16.9.